The van der Waals surface area contributed by atoms with Gasteiger partial charge in [-0.05, 0) is 42.0 Å². The van der Waals surface area contributed by atoms with Gasteiger partial charge in [0.2, 0.25) is 0 Å². The topological polar surface area (TPSA) is 31.9 Å². The van der Waals surface area contributed by atoms with Gasteiger partial charge in [-0.15, -0.1) is 0 Å². The maximum absolute atomic E-state index is 4.54. The van der Waals surface area contributed by atoms with Gasteiger partial charge in [-0.2, -0.15) is 0 Å². The monoisotopic (exact) mass is 341 g/mol. The molecule has 0 unspecified atom stereocenters. The predicted octanol–water partition coefficient (Wildman–Crippen LogP) is 4.56. The molecule has 0 saturated heterocycles. The van der Waals surface area contributed by atoms with Crippen molar-refractivity contribution in [1.29, 1.82) is 0 Å². The van der Waals surface area contributed by atoms with Crippen LogP contribution >= 0.6 is 15.9 Å². The smallest absolute Gasteiger partial charge is 0.131 e. The molecule has 0 saturated carbocycles. The Morgan fingerprint density at radius 2 is 1.81 bits per heavy atom. The summed E-state index contributed by atoms with van der Waals surface area (Å²) in [6.45, 7) is 0. The van der Waals surface area contributed by atoms with Crippen LogP contribution in [0.15, 0.2) is 46.9 Å². The number of fused-ring (bicyclic) bond motifs is 1. The molecule has 0 bridgehead atoms. The average Bonchev–Trinajstić information content (AvgIpc) is 2.87. The van der Waals surface area contributed by atoms with Crippen LogP contribution in [0.4, 0.5) is 5.69 Å². The first-order valence-corrected chi connectivity index (χ1v) is 7.52. The lowest BCUT2D eigenvalue weighted by Crippen LogP contribution is -2.07. The lowest BCUT2D eigenvalue weighted by atomic mass is 10.2. The molecular formula is C17H16BrN3. The van der Waals surface area contributed by atoms with E-state index in [1.165, 1.54) is 5.69 Å². The SMILES string of the molecule is CN(C)c1ccc(/C=C/c2nc3ccc(Br)cc3[nH]2)cc1. The number of H-pyrrole nitrogens is 1. The fraction of sp³-hybridized carbons (Fsp3) is 0.118. The van der Waals surface area contributed by atoms with E-state index in [1.54, 1.807) is 0 Å². The summed E-state index contributed by atoms with van der Waals surface area (Å²) in [5.74, 6) is 0.861. The highest BCUT2D eigenvalue weighted by atomic mass is 79.9. The molecule has 1 heterocycles. The molecule has 4 heteroatoms. The van der Waals surface area contributed by atoms with E-state index in [4.69, 9.17) is 0 Å². The Kier molecular flexibility index (Phi) is 3.80. The Labute approximate surface area is 132 Å². The van der Waals surface area contributed by atoms with Gasteiger partial charge in [0.15, 0.2) is 0 Å². The Morgan fingerprint density at radius 1 is 1.05 bits per heavy atom. The van der Waals surface area contributed by atoms with Crippen LogP contribution in [0, 0.1) is 0 Å². The molecule has 2 aromatic carbocycles. The number of anilines is 1. The van der Waals surface area contributed by atoms with Crippen molar-refractivity contribution < 1.29 is 0 Å². The first-order chi connectivity index (χ1) is 10.1. The molecule has 3 aromatic rings. The molecule has 0 spiro atoms. The molecule has 1 N–H and O–H groups in total. The number of nitrogens with zero attached hydrogens (tertiary/aromatic N) is 2. The summed E-state index contributed by atoms with van der Waals surface area (Å²) >= 11 is 3.47. The predicted molar refractivity (Wildman–Crippen MR) is 93.5 cm³/mol. The van der Waals surface area contributed by atoms with Gasteiger partial charge in [-0.1, -0.05) is 34.1 Å². The van der Waals surface area contributed by atoms with Crippen LogP contribution in [0.25, 0.3) is 23.2 Å². The van der Waals surface area contributed by atoms with Crippen LogP contribution < -0.4 is 4.90 Å². The number of benzene rings is 2. The van der Waals surface area contributed by atoms with Crippen molar-refractivity contribution in [2.45, 2.75) is 0 Å². The lowest BCUT2D eigenvalue weighted by molar-refractivity contribution is 1.13. The van der Waals surface area contributed by atoms with Crippen LogP contribution in [0.1, 0.15) is 11.4 Å². The molecule has 0 amide bonds. The first-order valence-electron chi connectivity index (χ1n) is 6.72. The van der Waals surface area contributed by atoms with E-state index in [2.05, 4.69) is 61.1 Å². The molecule has 0 fully saturated rings. The van der Waals surface area contributed by atoms with Gasteiger partial charge in [0.25, 0.3) is 0 Å². The maximum Gasteiger partial charge on any atom is 0.131 e. The summed E-state index contributed by atoms with van der Waals surface area (Å²) in [4.78, 5) is 9.93. The summed E-state index contributed by atoms with van der Waals surface area (Å²) in [6, 6.07) is 14.4. The van der Waals surface area contributed by atoms with E-state index < -0.39 is 0 Å². The van der Waals surface area contributed by atoms with Gasteiger partial charge in [0.1, 0.15) is 5.82 Å². The standard InChI is InChI=1S/C17H16BrN3/c1-21(2)14-7-3-12(4-8-14)5-10-17-19-15-9-6-13(18)11-16(15)20-17/h3-11H,1-2H3,(H,19,20)/b10-5+. The Bertz CT molecular complexity index is 785. The number of halogens is 1. The number of imidazole rings is 1. The van der Waals surface area contributed by atoms with E-state index in [9.17, 15) is 0 Å². The molecular weight excluding hydrogens is 326 g/mol. The summed E-state index contributed by atoms with van der Waals surface area (Å²) in [5, 5.41) is 0. The third-order valence-electron chi connectivity index (χ3n) is 3.31. The maximum atomic E-state index is 4.54. The van der Waals surface area contributed by atoms with Gasteiger partial charge >= 0.3 is 0 Å². The van der Waals surface area contributed by atoms with Gasteiger partial charge in [0.05, 0.1) is 11.0 Å². The van der Waals surface area contributed by atoms with Crippen molar-refractivity contribution in [3.63, 3.8) is 0 Å². The van der Waals surface area contributed by atoms with E-state index in [0.29, 0.717) is 0 Å². The first kappa shape index (κ1) is 13.9. The van der Waals surface area contributed by atoms with Gasteiger partial charge in [0, 0.05) is 24.3 Å². The number of hydrogen-bond acceptors (Lipinski definition) is 2. The van der Waals surface area contributed by atoms with Crippen molar-refractivity contribution in [2.24, 2.45) is 0 Å². The van der Waals surface area contributed by atoms with E-state index in [0.717, 1.165) is 26.9 Å². The highest BCUT2D eigenvalue weighted by Gasteiger charge is 2.00. The Morgan fingerprint density at radius 3 is 2.52 bits per heavy atom. The molecule has 0 aliphatic rings. The number of rotatable bonds is 3. The molecule has 0 aliphatic heterocycles. The fourth-order valence-corrected chi connectivity index (χ4v) is 2.50. The molecule has 0 atom stereocenters. The minimum Gasteiger partial charge on any atom is -0.378 e. The van der Waals surface area contributed by atoms with Gasteiger partial charge in [-0.25, -0.2) is 4.98 Å². The highest BCUT2D eigenvalue weighted by molar-refractivity contribution is 9.10. The van der Waals surface area contributed by atoms with Crippen LogP contribution in [0.2, 0.25) is 0 Å². The van der Waals surface area contributed by atoms with Gasteiger partial charge < -0.3 is 9.88 Å². The Balaban J connectivity index is 1.83. The fourth-order valence-electron chi connectivity index (χ4n) is 2.14. The summed E-state index contributed by atoms with van der Waals surface area (Å²) < 4.78 is 1.05. The zero-order valence-corrected chi connectivity index (χ0v) is 13.6. The Hall–Kier alpha value is -2.07. The van der Waals surface area contributed by atoms with Crippen molar-refractivity contribution in [3.05, 3.63) is 58.3 Å². The van der Waals surface area contributed by atoms with Crippen molar-refractivity contribution >= 4 is 44.8 Å². The summed E-state index contributed by atoms with van der Waals surface area (Å²) in [5.41, 5.74) is 4.36. The van der Waals surface area contributed by atoms with Crippen molar-refractivity contribution in [1.82, 2.24) is 9.97 Å². The molecule has 1 aromatic heterocycles. The minimum absolute atomic E-state index is 0.861. The van der Waals surface area contributed by atoms with E-state index >= 15 is 0 Å². The second-order valence-electron chi connectivity index (χ2n) is 5.10. The number of aromatic nitrogens is 2. The van der Waals surface area contributed by atoms with E-state index in [-0.39, 0.29) is 0 Å². The van der Waals surface area contributed by atoms with Crippen LogP contribution in [0.3, 0.4) is 0 Å². The molecule has 21 heavy (non-hydrogen) atoms. The second kappa shape index (κ2) is 5.74. The highest BCUT2D eigenvalue weighted by Crippen LogP contribution is 2.19. The molecule has 0 radical (unpaired) electrons. The second-order valence-corrected chi connectivity index (χ2v) is 6.02. The summed E-state index contributed by atoms with van der Waals surface area (Å²) in [7, 11) is 4.08. The molecule has 3 rings (SSSR count). The van der Waals surface area contributed by atoms with Crippen LogP contribution in [-0.4, -0.2) is 24.1 Å². The number of hydrogen-bond donors (Lipinski definition) is 1. The zero-order valence-electron chi connectivity index (χ0n) is 12.0. The normalized spacial score (nSPS) is 11.4. The zero-order chi connectivity index (χ0) is 14.8. The largest absolute Gasteiger partial charge is 0.378 e. The van der Waals surface area contributed by atoms with Crippen molar-refractivity contribution in [2.75, 3.05) is 19.0 Å². The van der Waals surface area contributed by atoms with Gasteiger partial charge in [-0.3, -0.25) is 0 Å². The van der Waals surface area contributed by atoms with Crippen molar-refractivity contribution in [3.8, 4) is 0 Å². The quantitative estimate of drug-likeness (QED) is 0.757. The summed E-state index contributed by atoms with van der Waals surface area (Å²) in [6.07, 6.45) is 4.06. The lowest BCUT2D eigenvalue weighted by Gasteiger charge is -2.11. The average molecular weight is 342 g/mol. The minimum atomic E-state index is 0.861. The third-order valence-corrected chi connectivity index (χ3v) is 3.80. The third kappa shape index (κ3) is 3.16. The molecule has 106 valence electrons. The van der Waals surface area contributed by atoms with Crippen LogP contribution in [0.5, 0.6) is 0 Å². The van der Waals surface area contributed by atoms with Crippen LogP contribution in [-0.2, 0) is 0 Å². The number of aromatic amines is 1. The molecule has 3 nitrogen and oxygen atoms in total. The molecule has 0 aliphatic carbocycles. The van der Waals surface area contributed by atoms with E-state index in [1.807, 2.05) is 38.4 Å². The number of nitrogens with one attached hydrogen (secondary N) is 1.